The Bertz CT molecular complexity index is 3950. The van der Waals surface area contributed by atoms with Crippen LogP contribution in [0.2, 0.25) is 0 Å². The Balaban J connectivity index is 1.11. The quantitative estimate of drug-likeness (QED) is 0.142. The van der Waals surface area contributed by atoms with Crippen molar-refractivity contribution in [2.45, 2.75) is 13.1 Å². The lowest BCUT2D eigenvalue weighted by molar-refractivity contribution is 0.819. The maximum Gasteiger partial charge on any atom is 0.0561 e. The summed E-state index contributed by atoms with van der Waals surface area (Å²) in [6, 6.07) is 62.4. The monoisotopic (exact) mass is 869 g/mol. The van der Waals surface area contributed by atoms with Gasteiger partial charge in [0.05, 0.1) is 33.1 Å². The van der Waals surface area contributed by atoms with Gasteiger partial charge in [0, 0.05) is 102 Å². The fourth-order valence-corrected chi connectivity index (χ4v) is 11.3. The van der Waals surface area contributed by atoms with Crippen molar-refractivity contribution in [3.05, 3.63) is 175 Å². The van der Waals surface area contributed by atoms with E-state index in [1.54, 1.807) is 0 Å². The molecule has 0 saturated heterocycles. The Morgan fingerprint density at radius 1 is 0.343 bits per heavy atom. The van der Waals surface area contributed by atoms with Crippen molar-refractivity contribution in [3.8, 4) is 17.1 Å². The molecule has 13 rings (SSSR count). The van der Waals surface area contributed by atoms with Gasteiger partial charge in [-0.2, -0.15) is 0 Å². The van der Waals surface area contributed by atoms with Crippen LogP contribution in [-0.2, 0) is 13.1 Å². The maximum atomic E-state index is 3.37. The van der Waals surface area contributed by atoms with Gasteiger partial charge >= 0.3 is 0 Å². The summed E-state index contributed by atoms with van der Waals surface area (Å²) in [5, 5.41) is 21.9. The second-order valence-corrected chi connectivity index (χ2v) is 18.8. The Morgan fingerprint density at radius 2 is 0.746 bits per heavy atom. The third kappa shape index (κ3) is 5.91. The third-order valence-electron chi connectivity index (χ3n) is 14.4. The van der Waals surface area contributed by atoms with E-state index in [0.717, 1.165) is 35.7 Å². The molecule has 0 bridgehead atoms. The van der Waals surface area contributed by atoms with Gasteiger partial charge in [-0.05, 0) is 155 Å². The van der Waals surface area contributed by atoms with Crippen LogP contribution in [0.15, 0.2) is 164 Å². The minimum atomic E-state index is 0.815. The van der Waals surface area contributed by atoms with Crippen LogP contribution in [0.25, 0.3) is 115 Å². The molecule has 67 heavy (non-hydrogen) atoms. The molecule has 326 valence electrons. The second kappa shape index (κ2) is 14.8. The van der Waals surface area contributed by atoms with Crippen LogP contribution in [0.5, 0.6) is 0 Å². The smallest absolute Gasteiger partial charge is 0.0561 e. The predicted octanol–water partition coefficient (Wildman–Crippen LogP) is 13.4. The van der Waals surface area contributed by atoms with Gasteiger partial charge in [0.25, 0.3) is 0 Å². The van der Waals surface area contributed by atoms with Crippen LogP contribution in [0.4, 0.5) is 11.4 Å². The molecule has 7 heteroatoms. The molecule has 13 aromatic rings. The number of hydrogen-bond acceptors (Lipinski definition) is 4. The van der Waals surface area contributed by atoms with E-state index in [1.807, 2.05) is 14.1 Å². The number of benzene rings is 10. The van der Waals surface area contributed by atoms with Crippen LogP contribution in [0, 0.1) is 0 Å². The van der Waals surface area contributed by atoms with Crippen LogP contribution in [0.1, 0.15) is 11.1 Å². The zero-order chi connectivity index (χ0) is 45.2. The highest BCUT2D eigenvalue weighted by molar-refractivity contribution is 6.24. The van der Waals surface area contributed by atoms with Gasteiger partial charge in [0.1, 0.15) is 0 Å². The molecule has 0 aliphatic heterocycles. The summed E-state index contributed by atoms with van der Waals surface area (Å²) in [6.07, 6.45) is 0. The van der Waals surface area contributed by atoms with E-state index in [2.05, 4.69) is 226 Å². The van der Waals surface area contributed by atoms with Crippen molar-refractivity contribution in [2.24, 2.45) is 0 Å². The molecule has 3 aromatic heterocycles. The number of anilines is 2. The summed E-state index contributed by atoms with van der Waals surface area (Å²) in [4.78, 5) is 4.38. The van der Waals surface area contributed by atoms with Crippen LogP contribution >= 0.6 is 0 Å². The molecule has 2 N–H and O–H groups in total. The highest BCUT2D eigenvalue weighted by atomic mass is 15.1. The van der Waals surface area contributed by atoms with Crippen molar-refractivity contribution in [3.63, 3.8) is 0 Å². The zero-order valence-electron chi connectivity index (χ0n) is 38.7. The molecule has 0 saturated carbocycles. The molecule has 0 aliphatic rings. The molecule has 10 aromatic carbocycles. The van der Waals surface area contributed by atoms with Crippen molar-refractivity contribution in [1.29, 1.82) is 0 Å². The molecular weight excluding hydrogens is 819 g/mol. The molecule has 0 radical (unpaired) electrons. The van der Waals surface area contributed by atoms with Crippen molar-refractivity contribution in [1.82, 2.24) is 24.3 Å². The summed E-state index contributed by atoms with van der Waals surface area (Å²) in [6.45, 7) is 1.63. The first-order valence-corrected chi connectivity index (χ1v) is 23.3. The first-order valence-electron chi connectivity index (χ1n) is 23.3. The van der Waals surface area contributed by atoms with E-state index in [0.29, 0.717) is 0 Å². The Labute approximate surface area is 389 Å². The van der Waals surface area contributed by atoms with Gasteiger partial charge in [0.2, 0.25) is 0 Å². The van der Waals surface area contributed by atoms with E-state index in [-0.39, 0.29) is 0 Å². The highest BCUT2D eigenvalue weighted by Gasteiger charge is 2.21. The molecule has 7 nitrogen and oxygen atoms in total. The van der Waals surface area contributed by atoms with Gasteiger partial charge < -0.3 is 34.1 Å². The Morgan fingerprint density at radius 3 is 1.19 bits per heavy atom. The third-order valence-corrected chi connectivity index (χ3v) is 14.4. The van der Waals surface area contributed by atoms with Crippen LogP contribution in [-0.4, -0.2) is 56.0 Å². The molecule has 0 spiro atoms. The second-order valence-electron chi connectivity index (χ2n) is 18.8. The van der Waals surface area contributed by atoms with E-state index < -0.39 is 0 Å². The number of hydrogen-bond donors (Lipinski definition) is 2. The van der Waals surface area contributed by atoms with E-state index in [1.165, 1.54) is 115 Å². The van der Waals surface area contributed by atoms with Gasteiger partial charge in [0.15, 0.2) is 0 Å². The fourth-order valence-electron chi connectivity index (χ4n) is 11.3. The van der Waals surface area contributed by atoms with Gasteiger partial charge in [-0.3, -0.25) is 0 Å². The lowest BCUT2D eigenvalue weighted by Crippen LogP contribution is -2.08. The average Bonchev–Trinajstić information content (AvgIpc) is 3.97. The van der Waals surface area contributed by atoms with Crippen LogP contribution in [0.3, 0.4) is 0 Å². The molecule has 3 heterocycles. The molecule has 0 aliphatic carbocycles. The fraction of sp³-hybridized carbons (Fsp3) is 0.133. The maximum absolute atomic E-state index is 3.37. The number of aromatic nitrogens is 3. The average molecular weight is 870 g/mol. The van der Waals surface area contributed by atoms with E-state index >= 15 is 0 Å². The Hall–Kier alpha value is -7.84. The van der Waals surface area contributed by atoms with Gasteiger partial charge in [-0.1, -0.05) is 66.7 Å². The number of nitrogens with one attached hydrogen (secondary N) is 2. The molecular formula is C60H51N7. The van der Waals surface area contributed by atoms with Gasteiger partial charge in [-0.25, -0.2) is 0 Å². The summed E-state index contributed by atoms with van der Waals surface area (Å²) >= 11 is 0. The molecule has 0 fully saturated rings. The molecule has 0 atom stereocenters. The van der Waals surface area contributed by atoms with Crippen LogP contribution < -0.4 is 20.4 Å². The Kier molecular flexibility index (Phi) is 8.75. The lowest BCUT2D eigenvalue weighted by atomic mass is 9.94. The minimum absolute atomic E-state index is 0.815. The van der Waals surface area contributed by atoms with Crippen molar-refractivity contribution in [2.75, 3.05) is 52.1 Å². The lowest BCUT2D eigenvalue weighted by Gasteiger charge is -2.16. The summed E-state index contributed by atoms with van der Waals surface area (Å²) in [7, 11) is 12.5. The predicted molar refractivity (Wildman–Crippen MR) is 287 cm³/mol. The number of fused-ring (bicyclic) bond motifs is 9. The summed E-state index contributed by atoms with van der Waals surface area (Å²) < 4.78 is 7.45. The zero-order valence-corrected chi connectivity index (χ0v) is 38.7. The van der Waals surface area contributed by atoms with E-state index in [4.69, 9.17) is 0 Å². The first-order chi connectivity index (χ1) is 32.8. The largest absolute Gasteiger partial charge is 0.378 e. The number of nitrogens with zero attached hydrogens (tertiary/aromatic N) is 5. The SMILES string of the molecule is CNCc1ccc2c(c1)c1cc(CNC)ccc1n2-c1ccc2c3ccc(-n4c5ccc(N(C)C)cc5c5cc(N(C)C)ccc54)cc3n(-c3cc4ccc5cccc6ccc(c3)c4c56)c2c1. The van der Waals surface area contributed by atoms with Gasteiger partial charge in [-0.15, -0.1) is 0 Å². The highest BCUT2D eigenvalue weighted by Crippen LogP contribution is 2.43. The normalized spacial score (nSPS) is 12.3. The van der Waals surface area contributed by atoms with Crippen molar-refractivity contribution < 1.29 is 0 Å². The molecule has 0 amide bonds. The summed E-state index contributed by atoms with van der Waals surface area (Å²) in [5.74, 6) is 0. The van der Waals surface area contributed by atoms with Crippen molar-refractivity contribution >= 4 is 109 Å². The first kappa shape index (κ1) is 39.5. The standard InChI is InChI=1S/C60H51N7/c1-61-34-36-10-22-53-49(26-36)50-27-37(35-62-2)11-23-54(50)65(53)44-16-20-47-48-21-17-45(66-55-24-18-42(63(3)4)30-51(55)52-31-43(64(5)6)19-25-56(52)66)33-58(48)67(57(47)32-44)46-28-40-14-12-38-8-7-9-39-13-15-41(29-46)60(40)59(38)39/h7-33,61-62H,34-35H2,1-6H3. The topological polar surface area (TPSA) is 45.3 Å². The summed E-state index contributed by atoms with van der Waals surface area (Å²) in [5.41, 5.74) is 15.4. The number of rotatable bonds is 9. The van der Waals surface area contributed by atoms with E-state index in [9.17, 15) is 0 Å². The minimum Gasteiger partial charge on any atom is -0.378 e. The molecule has 0 unspecified atom stereocenters.